The Kier molecular flexibility index (Phi) is 8.05. The molecule has 0 aliphatic rings. The average molecular weight is 309 g/mol. The average Bonchev–Trinajstić information content (AvgIpc) is 2.93. The number of halogens is 1. The monoisotopic (exact) mass is 308 g/mol. The first-order valence-corrected chi connectivity index (χ1v) is 7.30. The third kappa shape index (κ3) is 5.50. The minimum Gasteiger partial charge on any atom is -0.329 e. The van der Waals surface area contributed by atoms with Crippen molar-refractivity contribution in [2.75, 3.05) is 19.6 Å². The number of rotatable bonds is 8. The molecule has 21 heavy (non-hydrogen) atoms. The van der Waals surface area contributed by atoms with Crippen LogP contribution >= 0.6 is 12.4 Å². The van der Waals surface area contributed by atoms with Gasteiger partial charge in [-0.2, -0.15) is 5.10 Å². The van der Waals surface area contributed by atoms with Gasteiger partial charge >= 0.3 is 0 Å². The van der Waals surface area contributed by atoms with Crippen LogP contribution in [0.5, 0.6) is 0 Å². The SMILES string of the molecule is CCn1nccc1CN(CCN)CCc1ccccc1.Cl. The summed E-state index contributed by atoms with van der Waals surface area (Å²) in [6.07, 6.45) is 2.93. The molecule has 0 aliphatic carbocycles. The standard InChI is InChI=1S/C16H24N4.ClH/c1-2-20-16(8-11-18-20)14-19(13-10-17)12-9-15-6-4-3-5-7-15;/h3-8,11H,2,9-10,12-14,17H2,1H3;1H. The molecule has 0 amide bonds. The van der Waals surface area contributed by atoms with E-state index in [-0.39, 0.29) is 12.4 Å². The van der Waals surface area contributed by atoms with Crippen LogP contribution in [0.15, 0.2) is 42.6 Å². The summed E-state index contributed by atoms with van der Waals surface area (Å²) in [7, 11) is 0. The minimum atomic E-state index is 0. The summed E-state index contributed by atoms with van der Waals surface area (Å²) in [6.45, 7) is 6.58. The zero-order chi connectivity index (χ0) is 14.2. The smallest absolute Gasteiger partial charge is 0.0524 e. The van der Waals surface area contributed by atoms with Gasteiger partial charge in [0.2, 0.25) is 0 Å². The molecule has 2 N–H and O–H groups in total. The van der Waals surface area contributed by atoms with E-state index in [1.807, 2.05) is 10.9 Å². The lowest BCUT2D eigenvalue weighted by Crippen LogP contribution is -2.31. The van der Waals surface area contributed by atoms with Crippen LogP contribution in [-0.2, 0) is 19.5 Å². The number of hydrogen-bond acceptors (Lipinski definition) is 3. The van der Waals surface area contributed by atoms with E-state index in [0.29, 0.717) is 6.54 Å². The molecule has 0 atom stereocenters. The van der Waals surface area contributed by atoms with Crippen molar-refractivity contribution in [3.63, 3.8) is 0 Å². The second-order valence-corrected chi connectivity index (χ2v) is 4.94. The summed E-state index contributed by atoms with van der Waals surface area (Å²) in [4.78, 5) is 2.40. The van der Waals surface area contributed by atoms with Gasteiger partial charge in [-0.1, -0.05) is 30.3 Å². The maximum atomic E-state index is 5.73. The van der Waals surface area contributed by atoms with E-state index in [0.717, 1.165) is 32.6 Å². The van der Waals surface area contributed by atoms with Gasteiger partial charge in [0.25, 0.3) is 0 Å². The van der Waals surface area contributed by atoms with Gasteiger partial charge in [0.05, 0.1) is 5.69 Å². The Morgan fingerprint density at radius 2 is 1.90 bits per heavy atom. The van der Waals surface area contributed by atoms with Crippen LogP contribution in [0.1, 0.15) is 18.2 Å². The molecule has 2 aromatic rings. The maximum absolute atomic E-state index is 5.73. The summed E-state index contributed by atoms with van der Waals surface area (Å²) >= 11 is 0. The lowest BCUT2D eigenvalue weighted by molar-refractivity contribution is 0.267. The Morgan fingerprint density at radius 3 is 2.57 bits per heavy atom. The van der Waals surface area contributed by atoms with Crippen LogP contribution in [-0.4, -0.2) is 34.3 Å². The molecule has 1 aromatic heterocycles. The van der Waals surface area contributed by atoms with Crippen molar-refractivity contribution >= 4 is 12.4 Å². The highest BCUT2D eigenvalue weighted by Gasteiger charge is 2.08. The fraction of sp³-hybridized carbons (Fsp3) is 0.438. The zero-order valence-corrected chi connectivity index (χ0v) is 13.4. The van der Waals surface area contributed by atoms with Crippen molar-refractivity contribution in [3.8, 4) is 0 Å². The predicted octanol–water partition coefficient (Wildman–Crippen LogP) is 2.33. The summed E-state index contributed by atoms with van der Waals surface area (Å²) in [5.41, 5.74) is 8.37. The van der Waals surface area contributed by atoms with E-state index >= 15 is 0 Å². The predicted molar refractivity (Wildman–Crippen MR) is 89.6 cm³/mol. The van der Waals surface area contributed by atoms with Gasteiger partial charge in [-0.15, -0.1) is 12.4 Å². The minimum absolute atomic E-state index is 0. The van der Waals surface area contributed by atoms with Gasteiger partial charge in [-0.3, -0.25) is 9.58 Å². The Bertz CT molecular complexity index is 498. The molecule has 1 aromatic carbocycles. The Labute approximate surface area is 133 Å². The Morgan fingerprint density at radius 1 is 1.14 bits per heavy atom. The number of nitrogens with two attached hydrogens (primary N) is 1. The normalized spacial score (nSPS) is 10.6. The number of hydrogen-bond donors (Lipinski definition) is 1. The molecule has 2 rings (SSSR count). The second-order valence-electron chi connectivity index (χ2n) is 4.94. The molecule has 5 heteroatoms. The molecule has 0 unspecified atom stereocenters. The second kappa shape index (κ2) is 9.55. The van der Waals surface area contributed by atoms with Crippen LogP contribution in [0.4, 0.5) is 0 Å². The van der Waals surface area contributed by atoms with Gasteiger partial charge < -0.3 is 5.73 Å². The van der Waals surface area contributed by atoms with Crippen molar-refractivity contribution in [2.24, 2.45) is 5.73 Å². The third-order valence-electron chi connectivity index (χ3n) is 3.49. The van der Waals surface area contributed by atoms with Crippen LogP contribution in [0.25, 0.3) is 0 Å². The highest BCUT2D eigenvalue weighted by Crippen LogP contribution is 2.07. The quantitative estimate of drug-likeness (QED) is 0.814. The van der Waals surface area contributed by atoms with Crippen molar-refractivity contribution in [3.05, 3.63) is 53.9 Å². The summed E-state index contributed by atoms with van der Waals surface area (Å²) in [6, 6.07) is 12.7. The summed E-state index contributed by atoms with van der Waals surface area (Å²) < 4.78 is 2.05. The molecule has 0 bridgehead atoms. The molecular weight excluding hydrogens is 284 g/mol. The molecule has 0 saturated carbocycles. The molecule has 116 valence electrons. The summed E-state index contributed by atoms with van der Waals surface area (Å²) in [5, 5.41) is 4.32. The van der Waals surface area contributed by atoms with E-state index in [4.69, 9.17) is 5.73 Å². The van der Waals surface area contributed by atoms with E-state index in [2.05, 4.69) is 53.3 Å². The fourth-order valence-electron chi connectivity index (χ4n) is 2.39. The molecular formula is C16H25ClN4. The van der Waals surface area contributed by atoms with Gasteiger partial charge in [-0.25, -0.2) is 0 Å². The first-order chi connectivity index (χ1) is 9.83. The number of nitrogens with zero attached hydrogens (tertiary/aromatic N) is 3. The molecule has 0 fully saturated rings. The van der Waals surface area contributed by atoms with E-state index in [9.17, 15) is 0 Å². The van der Waals surface area contributed by atoms with Crippen molar-refractivity contribution < 1.29 is 0 Å². The molecule has 0 spiro atoms. The molecule has 1 heterocycles. The first-order valence-electron chi connectivity index (χ1n) is 7.30. The van der Waals surface area contributed by atoms with Crippen LogP contribution < -0.4 is 5.73 Å². The van der Waals surface area contributed by atoms with Gasteiger partial charge in [0.15, 0.2) is 0 Å². The molecule has 0 aliphatic heterocycles. The topological polar surface area (TPSA) is 47.1 Å². The van der Waals surface area contributed by atoms with Crippen LogP contribution in [0, 0.1) is 0 Å². The molecule has 4 nitrogen and oxygen atoms in total. The Hall–Kier alpha value is -1.36. The van der Waals surface area contributed by atoms with Gasteiger partial charge in [-0.05, 0) is 25.0 Å². The lowest BCUT2D eigenvalue weighted by atomic mass is 10.1. The fourth-order valence-corrected chi connectivity index (χ4v) is 2.39. The summed E-state index contributed by atoms with van der Waals surface area (Å²) in [5.74, 6) is 0. The number of aryl methyl sites for hydroxylation is 1. The van der Waals surface area contributed by atoms with Crippen LogP contribution in [0.3, 0.4) is 0 Å². The van der Waals surface area contributed by atoms with Gasteiger partial charge in [0, 0.05) is 38.9 Å². The van der Waals surface area contributed by atoms with E-state index in [1.54, 1.807) is 0 Å². The molecule has 0 saturated heterocycles. The molecule has 0 radical (unpaired) electrons. The van der Waals surface area contributed by atoms with E-state index in [1.165, 1.54) is 11.3 Å². The lowest BCUT2D eigenvalue weighted by Gasteiger charge is -2.22. The Balaban J connectivity index is 0.00000220. The highest BCUT2D eigenvalue weighted by atomic mass is 35.5. The van der Waals surface area contributed by atoms with E-state index < -0.39 is 0 Å². The number of aromatic nitrogens is 2. The maximum Gasteiger partial charge on any atom is 0.0524 e. The van der Waals surface area contributed by atoms with Gasteiger partial charge in [0.1, 0.15) is 0 Å². The zero-order valence-electron chi connectivity index (χ0n) is 12.6. The third-order valence-corrected chi connectivity index (χ3v) is 3.49. The van der Waals surface area contributed by atoms with Crippen molar-refractivity contribution in [2.45, 2.75) is 26.4 Å². The van der Waals surface area contributed by atoms with Crippen molar-refractivity contribution in [1.82, 2.24) is 14.7 Å². The van der Waals surface area contributed by atoms with Crippen LogP contribution in [0.2, 0.25) is 0 Å². The van der Waals surface area contributed by atoms with Crippen molar-refractivity contribution in [1.29, 1.82) is 0 Å². The number of benzene rings is 1. The first kappa shape index (κ1) is 17.7. The largest absolute Gasteiger partial charge is 0.329 e. The highest BCUT2D eigenvalue weighted by molar-refractivity contribution is 5.85.